The van der Waals surface area contributed by atoms with Crippen molar-refractivity contribution in [2.24, 2.45) is 46.0 Å². The van der Waals surface area contributed by atoms with Crippen LogP contribution >= 0.6 is 35.6 Å². The van der Waals surface area contributed by atoms with Gasteiger partial charge in [0, 0.05) is 103 Å². The van der Waals surface area contributed by atoms with Crippen molar-refractivity contribution in [1.82, 2.24) is 45.9 Å². The molecule has 12 atom stereocenters. The van der Waals surface area contributed by atoms with E-state index in [0.717, 1.165) is 47.3 Å². The lowest BCUT2D eigenvalue weighted by atomic mass is 9.46. The summed E-state index contributed by atoms with van der Waals surface area (Å²) >= 11 is 11.8. The number of esters is 1. The number of methoxy groups -OCH3 is 1. The van der Waals surface area contributed by atoms with Crippen molar-refractivity contribution in [3.8, 4) is 0 Å². The second kappa shape index (κ2) is 30.9. The number of imidazole rings is 1. The van der Waals surface area contributed by atoms with Gasteiger partial charge in [0.1, 0.15) is 24.1 Å². The number of aliphatic hydroxyl groups is 2. The predicted molar refractivity (Wildman–Crippen MR) is 361 cm³/mol. The first-order valence-corrected chi connectivity index (χ1v) is 33.1. The van der Waals surface area contributed by atoms with Gasteiger partial charge >= 0.3 is 12.1 Å². The van der Waals surface area contributed by atoms with Gasteiger partial charge in [-0.15, -0.1) is 35.6 Å². The number of Topliss-reactive ketones (excluding diaryl/α,β-unsaturated/α-hetero) is 3. The summed E-state index contributed by atoms with van der Waals surface area (Å²) in [4.78, 5) is 107. The molecule has 5 fully saturated rings. The zero-order valence-electron chi connectivity index (χ0n) is 55.0. The Hall–Kier alpha value is -7.13. The number of aliphatic hydroxyl groups excluding tert-OH is 1. The van der Waals surface area contributed by atoms with Gasteiger partial charge in [-0.05, 0) is 139 Å². The molecular weight excluding hydrogens is 1280 g/mol. The summed E-state index contributed by atoms with van der Waals surface area (Å²) in [5.74, 6) is -1.18. The van der Waals surface area contributed by atoms with Gasteiger partial charge in [-0.1, -0.05) is 49.8 Å². The number of likely N-dealkylation sites (N-methyl/N-ethyl adjacent to an activating group) is 1. The maximum Gasteiger partial charge on any atom is 0.404 e. The van der Waals surface area contributed by atoms with E-state index < -0.39 is 64.4 Å². The number of ether oxygens (including phenoxy) is 3. The Bertz CT molecular complexity index is 3590. The average Bonchev–Trinajstić information content (AvgIpc) is 1.50. The third-order valence-electron chi connectivity index (χ3n) is 20.5. The van der Waals surface area contributed by atoms with Crippen molar-refractivity contribution in [2.45, 2.75) is 128 Å². The monoisotopic (exact) mass is 1370 g/mol. The predicted octanol–water partition coefficient (Wildman–Crippen LogP) is 5.93. The molecule has 5 aliphatic carbocycles. The highest BCUT2D eigenvalue weighted by Crippen LogP contribution is 2.67. The van der Waals surface area contributed by atoms with Crippen LogP contribution in [0.15, 0.2) is 114 Å². The molecule has 2 aromatic heterocycles. The molecule has 5 heterocycles. The molecule has 3 saturated carbocycles. The van der Waals surface area contributed by atoms with Gasteiger partial charge in [0.2, 0.25) is 17.3 Å². The van der Waals surface area contributed by atoms with Crippen molar-refractivity contribution in [2.75, 3.05) is 70.7 Å². The van der Waals surface area contributed by atoms with Crippen molar-refractivity contribution in [3.05, 3.63) is 130 Å². The van der Waals surface area contributed by atoms with Gasteiger partial charge in [-0.3, -0.25) is 44.5 Å². The lowest BCUT2D eigenvalue weighted by Gasteiger charge is -2.59. The second-order valence-electron chi connectivity index (χ2n) is 26.1. The number of anilines is 1. The average molecular weight is 1370 g/mol. The number of allylic oxidation sites excluding steroid dienone is 6. The number of carbonyl (C=O) groups is 7. The highest BCUT2D eigenvalue weighted by molar-refractivity contribution is 6.25. The Labute approximate surface area is 569 Å². The fourth-order valence-corrected chi connectivity index (χ4v) is 16.2. The summed E-state index contributed by atoms with van der Waals surface area (Å²) in [5.41, 5.74) is 20.4. The first kappa shape index (κ1) is 73.7. The fraction of sp³-hybridized carbons (Fsp3) is 0.529. The zero-order valence-corrected chi connectivity index (χ0v) is 57.3. The number of aromatic nitrogens is 4. The lowest BCUT2D eigenvalue weighted by molar-refractivity contribution is -0.181. The highest BCUT2D eigenvalue weighted by atomic mass is 35.5. The Morgan fingerprint density at radius 2 is 1.66 bits per heavy atom. The molecule has 3 aliphatic heterocycles. The van der Waals surface area contributed by atoms with Gasteiger partial charge in [0.25, 0.3) is 5.91 Å². The minimum atomic E-state index is -1.66. The van der Waals surface area contributed by atoms with Crippen LogP contribution in [0, 0.1) is 34.5 Å². The lowest BCUT2D eigenvalue weighted by Crippen LogP contribution is -2.61. The molecule has 95 heavy (non-hydrogen) atoms. The molecule has 0 spiro atoms. The summed E-state index contributed by atoms with van der Waals surface area (Å²) < 4.78 is 16.3. The van der Waals surface area contributed by atoms with E-state index in [1.165, 1.54) is 13.4 Å². The van der Waals surface area contributed by atoms with E-state index in [-0.39, 0.29) is 108 Å². The Kier molecular flexibility index (Phi) is 24.0. The number of fused-ring (bicyclic) bond motifs is 10. The quantitative estimate of drug-likeness (QED) is 0.0167. The van der Waals surface area contributed by atoms with Crippen LogP contribution < -0.4 is 32.5 Å². The summed E-state index contributed by atoms with van der Waals surface area (Å²) in [7, 11) is 5.32. The molecule has 0 bridgehead atoms. The Morgan fingerprint density at radius 1 is 0.968 bits per heavy atom. The molecule has 24 nitrogen and oxygen atoms in total. The van der Waals surface area contributed by atoms with Crippen LogP contribution in [0.2, 0.25) is 0 Å². The molecule has 8 aliphatic rings. The largest absolute Gasteiger partial charge is 0.458 e. The fourth-order valence-electron chi connectivity index (χ4n) is 15.7. The molecule has 2 saturated heterocycles. The van der Waals surface area contributed by atoms with Crippen molar-refractivity contribution >= 4 is 93.6 Å². The van der Waals surface area contributed by atoms with E-state index in [4.69, 9.17) is 48.9 Å². The van der Waals surface area contributed by atoms with Crippen LogP contribution in [0.25, 0.3) is 11.2 Å². The number of H-pyrrole nitrogens is 1. The number of alkyl halides is 2. The Morgan fingerprint density at radius 3 is 2.31 bits per heavy atom. The number of primary amides is 1. The third kappa shape index (κ3) is 14.8. The number of aryl methyl sites for hydroxylation is 1. The van der Waals surface area contributed by atoms with Gasteiger partial charge in [-0.2, -0.15) is 0 Å². The molecule has 27 heteroatoms. The minimum absolute atomic E-state index is 0. The van der Waals surface area contributed by atoms with Crippen molar-refractivity contribution in [3.63, 3.8) is 0 Å². The topological polar surface area (TPSA) is 340 Å². The zero-order chi connectivity index (χ0) is 68.0. The van der Waals surface area contributed by atoms with Crippen LogP contribution in [0.3, 0.4) is 0 Å². The molecule has 2 aromatic carbocycles. The number of hydrogen-bond donors (Lipinski definition) is 8. The SMILES string of the molecule is CNNCc1ccc(C(=O)NC(C)C)cc1.CO[C@@]12[C@H](COC(N)=O)C3=C(C(=O)C(C)=C(N)C3=O)N1C[C@H]1[C@@H]2N1C.C[C@]12C=CC(=O)C=C1CC[C@@H]1[C@@H]2[C@@H](O)C[C@@]2(C)[C@H]1CC[C@]2(O)C(=O)COC(=O)CCCc1ccc(N(CCCl)CCCl)cc1.Cl.c1ncc2[nH]cnc2n1. The number of nitrogens with two attached hydrogens (primary N) is 2. The molecule has 4 aromatic rings. The molecule has 12 rings (SSSR count). The van der Waals surface area contributed by atoms with E-state index in [1.807, 2.05) is 94.4 Å². The van der Waals surface area contributed by atoms with Gasteiger partial charge in [-0.25, -0.2) is 19.7 Å². The maximum atomic E-state index is 13.5. The van der Waals surface area contributed by atoms with E-state index in [0.29, 0.717) is 67.6 Å². The number of amides is 2. The molecular formula is C68H89Cl3N12O12. The van der Waals surface area contributed by atoms with E-state index in [2.05, 4.69) is 52.8 Å². The standard InChI is InChI=1S/C35H45Cl2NO6.C16H20N4O5.C12H19N3O.C5H4N4.ClH/c1-33-14-12-26(39)20-24(33)8-11-27-28-13-15-35(43,34(28,2)21-29(40)32(27)33)30(41)22-44-31(42)5-3-4-23-6-9-25(10-7-23)38(18-16-36)19-17-37;1-6-10(17)13(22)9-7(5-25-15(18)23)16(24-3)14-8(19(14)2)4-20(16)11(9)12(6)21;1-9(2)15-12(16)11-6-4-10(5-7-11)8-14-13-3;1-4-5(8-2-6-1)9-3-7-4;/h6-7,9-10,12,14,20,27-29,32,40,43H,3-5,8,11,13,15-19,21-22H2,1-2H3;7-8,14H,4-5,17H2,1-3H3,(H2,18,23);4-7,9,13-14H,8H2,1-3H3,(H,15,16);1-3H,(H,6,7,8,9);1H/t27-,28-,29-,32+,33-,34-,35-;7-,8+,14+,16-,19?;;;/m01.../s1. The van der Waals surface area contributed by atoms with Gasteiger partial charge in [0.15, 0.2) is 23.8 Å². The highest BCUT2D eigenvalue weighted by Gasteiger charge is 2.75. The van der Waals surface area contributed by atoms with Crippen LogP contribution in [0.4, 0.5) is 10.5 Å². The summed E-state index contributed by atoms with van der Waals surface area (Å²) in [6.45, 7) is 11.6. The number of nitrogens with one attached hydrogen (secondary N) is 4. The molecule has 0 radical (unpaired) electrons. The van der Waals surface area contributed by atoms with Crippen molar-refractivity contribution in [1.29, 1.82) is 0 Å². The minimum Gasteiger partial charge on any atom is -0.458 e. The normalized spacial score (nSPS) is 28.7. The summed E-state index contributed by atoms with van der Waals surface area (Å²) in [6.07, 6.45) is 12.6. The maximum absolute atomic E-state index is 13.5. The van der Waals surface area contributed by atoms with Crippen LogP contribution in [0.5, 0.6) is 0 Å². The van der Waals surface area contributed by atoms with Crippen LogP contribution in [-0.2, 0) is 51.1 Å². The molecule has 10 N–H and O–H groups in total. The number of hydrogen-bond acceptors (Lipinski definition) is 21. The number of piperazine rings is 1. The van der Waals surface area contributed by atoms with E-state index in [9.17, 15) is 43.8 Å². The first-order valence-electron chi connectivity index (χ1n) is 32.0. The third-order valence-corrected chi connectivity index (χ3v) is 20.9. The first-order chi connectivity index (χ1) is 44.8. The second-order valence-corrected chi connectivity index (χ2v) is 26.8. The Balaban J connectivity index is 0.000000188. The summed E-state index contributed by atoms with van der Waals surface area (Å²) in [5, 5.41) is 26.3. The summed E-state index contributed by atoms with van der Waals surface area (Å²) in [6, 6.07) is 16.1. The smallest absolute Gasteiger partial charge is 0.404 e. The van der Waals surface area contributed by atoms with Gasteiger partial charge < -0.3 is 56.0 Å². The van der Waals surface area contributed by atoms with Crippen LogP contribution in [0.1, 0.15) is 101 Å². The number of hydrazine groups is 1. The number of halogens is 3. The number of ketones is 4. The number of benzene rings is 2. The molecule has 1 unspecified atom stereocenters. The number of carbonyl (C=O) groups excluding carboxylic acids is 7. The molecule has 514 valence electrons. The number of rotatable bonds is 20. The number of nitrogens with zero attached hydrogens (tertiary/aromatic N) is 6. The molecule has 2 amide bonds. The van der Waals surface area contributed by atoms with Crippen LogP contribution in [-0.4, -0.2) is 182 Å². The van der Waals surface area contributed by atoms with E-state index in [1.54, 1.807) is 31.6 Å². The van der Waals surface area contributed by atoms with E-state index >= 15 is 0 Å². The number of aromatic amines is 1. The van der Waals surface area contributed by atoms with Gasteiger partial charge in [0.05, 0.1) is 42.0 Å². The van der Waals surface area contributed by atoms with Crippen molar-refractivity contribution < 1.29 is 58.0 Å².